The van der Waals surface area contributed by atoms with E-state index < -0.39 is 0 Å². The van der Waals surface area contributed by atoms with Gasteiger partial charge in [-0.25, -0.2) is 0 Å². The van der Waals surface area contributed by atoms with Crippen molar-refractivity contribution < 1.29 is 5.11 Å². The molecule has 0 fully saturated rings. The summed E-state index contributed by atoms with van der Waals surface area (Å²) in [6.07, 6.45) is 2.18. The standard InChI is InChI=1S/C15H15NO/c1-2-11-9-14(17)10-13-6-3-5-12(15(11)13)7-4-8-16/h3,5-6,9-10,17H,2,4,7H2,1H3. The van der Waals surface area contributed by atoms with Gasteiger partial charge in [0.15, 0.2) is 0 Å². The normalized spacial score (nSPS) is 10.4. The number of hydrogen-bond donors (Lipinski definition) is 1. The van der Waals surface area contributed by atoms with Crippen molar-refractivity contribution in [1.82, 2.24) is 0 Å². The van der Waals surface area contributed by atoms with E-state index in [0.717, 1.165) is 23.8 Å². The van der Waals surface area contributed by atoms with Crippen LogP contribution in [-0.4, -0.2) is 5.11 Å². The molecule has 2 aromatic rings. The summed E-state index contributed by atoms with van der Waals surface area (Å²) in [5.41, 5.74) is 2.34. The molecular weight excluding hydrogens is 210 g/mol. The molecule has 17 heavy (non-hydrogen) atoms. The molecule has 0 atom stereocenters. The highest BCUT2D eigenvalue weighted by Gasteiger charge is 2.07. The molecule has 0 unspecified atom stereocenters. The van der Waals surface area contributed by atoms with Crippen LogP contribution >= 0.6 is 0 Å². The van der Waals surface area contributed by atoms with Crippen LogP contribution in [0.15, 0.2) is 30.3 Å². The first-order valence-corrected chi connectivity index (χ1v) is 5.86. The van der Waals surface area contributed by atoms with Crippen molar-refractivity contribution in [3.8, 4) is 11.8 Å². The maximum Gasteiger partial charge on any atom is 0.116 e. The summed E-state index contributed by atoms with van der Waals surface area (Å²) in [5.74, 6) is 0.312. The van der Waals surface area contributed by atoms with Gasteiger partial charge in [-0.1, -0.05) is 25.1 Å². The Labute approximate surface area is 101 Å². The second-order valence-corrected chi connectivity index (χ2v) is 4.13. The van der Waals surface area contributed by atoms with Crippen LogP contribution in [-0.2, 0) is 12.8 Å². The molecular formula is C15H15NO. The summed E-state index contributed by atoms with van der Waals surface area (Å²) in [4.78, 5) is 0. The van der Waals surface area contributed by atoms with Crippen molar-refractivity contribution in [3.05, 3.63) is 41.5 Å². The van der Waals surface area contributed by atoms with E-state index >= 15 is 0 Å². The molecule has 0 aromatic heterocycles. The molecule has 0 aliphatic carbocycles. The zero-order chi connectivity index (χ0) is 12.3. The van der Waals surface area contributed by atoms with Crippen LogP contribution < -0.4 is 0 Å². The van der Waals surface area contributed by atoms with Gasteiger partial charge in [0, 0.05) is 6.42 Å². The van der Waals surface area contributed by atoms with E-state index in [1.54, 1.807) is 6.07 Å². The van der Waals surface area contributed by atoms with Gasteiger partial charge in [0.2, 0.25) is 0 Å². The van der Waals surface area contributed by atoms with E-state index in [1.165, 1.54) is 10.9 Å². The first-order valence-electron chi connectivity index (χ1n) is 5.86. The molecule has 2 nitrogen and oxygen atoms in total. The average Bonchev–Trinajstić information content (AvgIpc) is 2.34. The Morgan fingerprint density at radius 2 is 2.06 bits per heavy atom. The Hall–Kier alpha value is -2.01. The lowest BCUT2D eigenvalue weighted by Crippen LogP contribution is -1.91. The smallest absolute Gasteiger partial charge is 0.116 e. The molecule has 0 radical (unpaired) electrons. The Morgan fingerprint density at radius 1 is 1.24 bits per heavy atom. The average molecular weight is 225 g/mol. The number of nitrogens with zero attached hydrogens (tertiary/aromatic N) is 1. The molecule has 0 spiro atoms. The largest absolute Gasteiger partial charge is 0.508 e. The molecule has 0 heterocycles. The number of benzene rings is 2. The molecule has 2 rings (SSSR count). The highest BCUT2D eigenvalue weighted by atomic mass is 16.3. The lowest BCUT2D eigenvalue weighted by atomic mass is 9.95. The minimum absolute atomic E-state index is 0.312. The Morgan fingerprint density at radius 3 is 2.76 bits per heavy atom. The molecule has 0 bridgehead atoms. The van der Waals surface area contributed by atoms with Gasteiger partial charge in [-0.05, 0) is 46.9 Å². The van der Waals surface area contributed by atoms with Crippen molar-refractivity contribution >= 4 is 10.8 Å². The van der Waals surface area contributed by atoms with E-state index in [4.69, 9.17) is 5.26 Å². The van der Waals surface area contributed by atoms with Crippen LogP contribution in [0.2, 0.25) is 0 Å². The summed E-state index contributed by atoms with van der Waals surface area (Å²) < 4.78 is 0. The van der Waals surface area contributed by atoms with Crippen molar-refractivity contribution in [2.45, 2.75) is 26.2 Å². The van der Waals surface area contributed by atoms with Gasteiger partial charge in [-0.2, -0.15) is 5.26 Å². The number of phenolic OH excluding ortho intramolecular Hbond substituents is 1. The van der Waals surface area contributed by atoms with Crippen LogP contribution in [0.1, 0.15) is 24.5 Å². The van der Waals surface area contributed by atoms with Crippen molar-refractivity contribution in [2.75, 3.05) is 0 Å². The van der Waals surface area contributed by atoms with Crippen LogP contribution in [0, 0.1) is 11.3 Å². The summed E-state index contributed by atoms with van der Waals surface area (Å²) in [7, 11) is 0. The van der Waals surface area contributed by atoms with Gasteiger partial charge >= 0.3 is 0 Å². The van der Waals surface area contributed by atoms with Crippen molar-refractivity contribution in [2.24, 2.45) is 0 Å². The van der Waals surface area contributed by atoms with E-state index in [2.05, 4.69) is 19.1 Å². The lowest BCUT2D eigenvalue weighted by molar-refractivity contribution is 0.475. The fraction of sp³-hybridized carbons (Fsp3) is 0.267. The SMILES string of the molecule is CCc1cc(O)cc2cccc(CCC#N)c12. The second kappa shape index (κ2) is 4.88. The number of hydrogen-bond acceptors (Lipinski definition) is 2. The molecule has 0 saturated carbocycles. The fourth-order valence-corrected chi connectivity index (χ4v) is 2.26. The third-order valence-electron chi connectivity index (χ3n) is 3.02. The van der Waals surface area contributed by atoms with Gasteiger partial charge in [0.05, 0.1) is 6.07 Å². The predicted molar refractivity (Wildman–Crippen MR) is 68.9 cm³/mol. The minimum atomic E-state index is 0.312. The van der Waals surface area contributed by atoms with Crippen LogP contribution in [0.5, 0.6) is 5.75 Å². The topological polar surface area (TPSA) is 44.0 Å². The third kappa shape index (κ3) is 2.24. The van der Waals surface area contributed by atoms with Gasteiger partial charge in [-0.15, -0.1) is 0 Å². The monoisotopic (exact) mass is 225 g/mol. The third-order valence-corrected chi connectivity index (χ3v) is 3.02. The molecule has 0 amide bonds. The van der Waals surface area contributed by atoms with E-state index in [-0.39, 0.29) is 0 Å². The maximum absolute atomic E-state index is 9.66. The summed E-state index contributed by atoms with van der Waals surface area (Å²) >= 11 is 0. The molecule has 2 aromatic carbocycles. The Balaban J connectivity index is 2.65. The van der Waals surface area contributed by atoms with Gasteiger partial charge in [0.1, 0.15) is 5.75 Å². The number of fused-ring (bicyclic) bond motifs is 1. The number of phenols is 1. The number of nitriles is 1. The highest BCUT2D eigenvalue weighted by Crippen LogP contribution is 2.28. The molecule has 0 saturated heterocycles. The van der Waals surface area contributed by atoms with Crippen LogP contribution in [0.4, 0.5) is 0 Å². The van der Waals surface area contributed by atoms with E-state index in [1.807, 2.05) is 18.2 Å². The summed E-state index contributed by atoms with van der Waals surface area (Å²) in [6, 6.07) is 11.8. The van der Waals surface area contributed by atoms with Crippen LogP contribution in [0.3, 0.4) is 0 Å². The molecule has 1 N–H and O–H groups in total. The van der Waals surface area contributed by atoms with Crippen molar-refractivity contribution in [1.29, 1.82) is 5.26 Å². The number of aromatic hydroxyl groups is 1. The fourth-order valence-electron chi connectivity index (χ4n) is 2.26. The van der Waals surface area contributed by atoms with Gasteiger partial charge in [0.25, 0.3) is 0 Å². The van der Waals surface area contributed by atoms with Gasteiger partial charge < -0.3 is 5.11 Å². The second-order valence-electron chi connectivity index (χ2n) is 4.13. The maximum atomic E-state index is 9.66. The Kier molecular flexibility index (Phi) is 3.30. The summed E-state index contributed by atoms with van der Waals surface area (Å²) in [5, 5.41) is 20.6. The zero-order valence-corrected chi connectivity index (χ0v) is 9.90. The summed E-state index contributed by atoms with van der Waals surface area (Å²) in [6.45, 7) is 2.08. The first kappa shape index (κ1) is 11.5. The Bertz CT molecular complexity index is 581. The quantitative estimate of drug-likeness (QED) is 0.867. The minimum Gasteiger partial charge on any atom is -0.508 e. The lowest BCUT2D eigenvalue weighted by Gasteiger charge is -2.10. The number of rotatable bonds is 3. The molecule has 0 aliphatic heterocycles. The predicted octanol–water partition coefficient (Wildman–Crippen LogP) is 3.56. The molecule has 0 aliphatic rings. The van der Waals surface area contributed by atoms with Crippen LogP contribution in [0.25, 0.3) is 10.8 Å². The molecule has 2 heteroatoms. The first-order chi connectivity index (χ1) is 8.26. The molecule has 86 valence electrons. The van der Waals surface area contributed by atoms with E-state index in [0.29, 0.717) is 12.2 Å². The van der Waals surface area contributed by atoms with Gasteiger partial charge in [-0.3, -0.25) is 0 Å². The van der Waals surface area contributed by atoms with E-state index in [9.17, 15) is 5.11 Å². The highest BCUT2D eigenvalue weighted by molar-refractivity contribution is 5.90. The van der Waals surface area contributed by atoms with Crippen molar-refractivity contribution in [3.63, 3.8) is 0 Å². The zero-order valence-electron chi connectivity index (χ0n) is 9.90. The number of aryl methyl sites for hydroxylation is 2.